The van der Waals surface area contributed by atoms with Gasteiger partial charge in [0.2, 0.25) is 11.8 Å². The smallest absolute Gasteiger partial charge is 0.242 e. The Morgan fingerprint density at radius 1 is 1.19 bits per heavy atom. The fourth-order valence-corrected chi connectivity index (χ4v) is 1.94. The van der Waals surface area contributed by atoms with Gasteiger partial charge in [-0.05, 0) is 38.8 Å². The van der Waals surface area contributed by atoms with Crippen molar-refractivity contribution < 1.29 is 9.59 Å². The van der Waals surface area contributed by atoms with Gasteiger partial charge in [0, 0.05) is 12.1 Å². The zero-order chi connectivity index (χ0) is 16.0. The van der Waals surface area contributed by atoms with Crippen molar-refractivity contribution in [1.29, 1.82) is 0 Å². The van der Waals surface area contributed by atoms with Crippen molar-refractivity contribution in [1.82, 2.24) is 10.6 Å². The van der Waals surface area contributed by atoms with Gasteiger partial charge in [-0.25, -0.2) is 0 Å². The van der Waals surface area contributed by atoms with Crippen molar-refractivity contribution in [2.45, 2.75) is 52.2 Å². The van der Waals surface area contributed by atoms with Gasteiger partial charge in [-0.15, -0.1) is 0 Å². The van der Waals surface area contributed by atoms with Crippen LogP contribution < -0.4 is 16.4 Å². The fourth-order valence-electron chi connectivity index (χ4n) is 1.94. The Hall–Kier alpha value is -1.88. The topological polar surface area (TPSA) is 84.2 Å². The van der Waals surface area contributed by atoms with Crippen LogP contribution in [0.1, 0.15) is 38.8 Å². The summed E-state index contributed by atoms with van der Waals surface area (Å²) in [7, 11) is 0. The average Bonchev–Trinajstić information content (AvgIpc) is 2.37. The van der Waals surface area contributed by atoms with E-state index in [1.54, 1.807) is 6.92 Å². The lowest BCUT2D eigenvalue weighted by Crippen LogP contribution is -2.51. The molecule has 0 aliphatic rings. The lowest BCUT2D eigenvalue weighted by atomic mass is 10.0. The van der Waals surface area contributed by atoms with E-state index in [0.717, 1.165) is 11.1 Å². The molecular weight excluding hydrogens is 266 g/mol. The number of hydrogen-bond acceptors (Lipinski definition) is 3. The van der Waals surface area contributed by atoms with Crippen LogP contribution in [0.25, 0.3) is 0 Å². The van der Waals surface area contributed by atoms with Crippen LogP contribution in [-0.4, -0.2) is 23.4 Å². The summed E-state index contributed by atoms with van der Waals surface area (Å²) in [5.74, 6) is -0.379. The molecule has 0 spiro atoms. The van der Waals surface area contributed by atoms with E-state index >= 15 is 0 Å². The van der Waals surface area contributed by atoms with Gasteiger partial charge < -0.3 is 16.4 Å². The third-order valence-corrected chi connectivity index (χ3v) is 2.96. The number of nitrogens with one attached hydrogen (secondary N) is 2. The minimum absolute atomic E-state index is 0.188. The Balaban J connectivity index is 2.59. The average molecular weight is 291 g/mol. The summed E-state index contributed by atoms with van der Waals surface area (Å²) in [5.41, 5.74) is 7.17. The Kier molecular flexibility index (Phi) is 5.90. The van der Waals surface area contributed by atoms with Gasteiger partial charge in [-0.1, -0.05) is 24.3 Å². The molecule has 1 unspecified atom stereocenters. The Morgan fingerprint density at radius 2 is 1.76 bits per heavy atom. The minimum atomic E-state index is -0.568. The molecule has 0 saturated heterocycles. The maximum Gasteiger partial charge on any atom is 0.242 e. The van der Waals surface area contributed by atoms with E-state index in [1.807, 2.05) is 45.0 Å². The molecule has 0 fully saturated rings. The van der Waals surface area contributed by atoms with Gasteiger partial charge in [0.15, 0.2) is 0 Å². The summed E-state index contributed by atoms with van der Waals surface area (Å²) in [6.07, 6.45) is 0.223. The predicted molar refractivity (Wildman–Crippen MR) is 83.5 cm³/mol. The van der Waals surface area contributed by atoms with E-state index < -0.39 is 6.04 Å². The SMILES string of the molecule is CC(NC(=O)Cc1ccccc1CN)C(=O)NC(C)(C)C. The minimum Gasteiger partial charge on any atom is -0.350 e. The number of carbonyl (C=O) groups excluding carboxylic acids is 2. The van der Waals surface area contributed by atoms with Crippen LogP contribution in [0.3, 0.4) is 0 Å². The molecule has 0 aliphatic carbocycles. The number of benzene rings is 1. The number of nitrogens with two attached hydrogens (primary N) is 1. The first-order valence-electron chi connectivity index (χ1n) is 7.11. The van der Waals surface area contributed by atoms with Crippen LogP contribution in [-0.2, 0) is 22.6 Å². The van der Waals surface area contributed by atoms with Crippen LogP contribution >= 0.6 is 0 Å². The fraction of sp³-hybridized carbons (Fsp3) is 0.500. The molecule has 0 bridgehead atoms. The predicted octanol–water partition coefficient (Wildman–Crippen LogP) is 1.11. The van der Waals surface area contributed by atoms with Crippen molar-refractivity contribution in [3.05, 3.63) is 35.4 Å². The van der Waals surface area contributed by atoms with E-state index in [4.69, 9.17) is 5.73 Å². The van der Waals surface area contributed by atoms with E-state index in [-0.39, 0.29) is 23.8 Å². The molecule has 1 aromatic rings. The lowest BCUT2D eigenvalue weighted by molar-refractivity contribution is -0.129. The molecule has 5 heteroatoms. The van der Waals surface area contributed by atoms with Crippen molar-refractivity contribution in [2.24, 2.45) is 5.73 Å². The molecule has 1 aromatic carbocycles. The van der Waals surface area contributed by atoms with Crippen LogP contribution in [0.5, 0.6) is 0 Å². The highest BCUT2D eigenvalue weighted by Gasteiger charge is 2.20. The summed E-state index contributed by atoms with van der Waals surface area (Å²) in [4.78, 5) is 24.0. The number of rotatable bonds is 5. The first kappa shape index (κ1) is 17.2. The molecule has 1 rings (SSSR count). The van der Waals surface area contributed by atoms with Gasteiger partial charge in [-0.3, -0.25) is 9.59 Å². The maximum atomic E-state index is 12.0. The third kappa shape index (κ3) is 5.95. The van der Waals surface area contributed by atoms with E-state index in [0.29, 0.717) is 6.54 Å². The summed E-state index contributed by atoms with van der Waals surface area (Å²) >= 11 is 0. The second-order valence-corrected chi connectivity index (χ2v) is 6.18. The van der Waals surface area contributed by atoms with E-state index in [9.17, 15) is 9.59 Å². The molecule has 21 heavy (non-hydrogen) atoms. The molecule has 0 aliphatic heterocycles. The highest BCUT2D eigenvalue weighted by Crippen LogP contribution is 2.08. The van der Waals surface area contributed by atoms with Crippen molar-refractivity contribution in [2.75, 3.05) is 0 Å². The maximum absolute atomic E-state index is 12.0. The summed E-state index contributed by atoms with van der Waals surface area (Å²) in [5, 5.41) is 5.55. The number of hydrogen-bond donors (Lipinski definition) is 3. The lowest BCUT2D eigenvalue weighted by Gasteiger charge is -2.23. The zero-order valence-electron chi connectivity index (χ0n) is 13.2. The zero-order valence-corrected chi connectivity index (χ0v) is 13.2. The largest absolute Gasteiger partial charge is 0.350 e. The normalized spacial score (nSPS) is 12.6. The highest BCUT2D eigenvalue weighted by molar-refractivity contribution is 5.88. The molecular formula is C16H25N3O2. The van der Waals surface area contributed by atoms with Crippen LogP contribution in [0.2, 0.25) is 0 Å². The Morgan fingerprint density at radius 3 is 2.29 bits per heavy atom. The highest BCUT2D eigenvalue weighted by atomic mass is 16.2. The first-order chi connectivity index (χ1) is 9.73. The second-order valence-electron chi connectivity index (χ2n) is 6.18. The monoisotopic (exact) mass is 291 g/mol. The molecule has 1 atom stereocenters. The molecule has 5 nitrogen and oxygen atoms in total. The van der Waals surface area contributed by atoms with Gasteiger partial charge in [0.25, 0.3) is 0 Å². The second kappa shape index (κ2) is 7.22. The van der Waals surface area contributed by atoms with Gasteiger partial charge >= 0.3 is 0 Å². The van der Waals surface area contributed by atoms with Crippen molar-refractivity contribution in [3.63, 3.8) is 0 Å². The molecule has 116 valence electrons. The molecule has 2 amide bonds. The molecule has 4 N–H and O–H groups in total. The molecule has 0 aromatic heterocycles. The molecule has 0 radical (unpaired) electrons. The molecule has 0 saturated carbocycles. The van der Waals surface area contributed by atoms with Crippen molar-refractivity contribution in [3.8, 4) is 0 Å². The third-order valence-electron chi connectivity index (χ3n) is 2.96. The summed E-state index contributed by atoms with van der Waals surface area (Å²) in [6.45, 7) is 7.77. The van der Waals surface area contributed by atoms with Crippen LogP contribution in [0.15, 0.2) is 24.3 Å². The van der Waals surface area contributed by atoms with E-state index in [2.05, 4.69) is 10.6 Å². The van der Waals surface area contributed by atoms with Crippen LogP contribution in [0.4, 0.5) is 0 Å². The van der Waals surface area contributed by atoms with Gasteiger partial charge in [-0.2, -0.15) is 0 Å². The number of amides is 2. The van der Waals surface area contributed by atoms with Crippen LogP contribution in [0, 0.1) is 0 Å². The first-order valence-corrected chi connectivity index (χ1v) is 7.11. The van der Waals surface area contributed by atoms with Gasteiger partial charge in [0.1, 0.15) is 6.04 Å². The standard InChI is InChI=1S/C16H25N3O2/c1-11(15(21)19-16(2,3)4)18-14(20)9-12-7-5-6-8-13(12)10-17/h5-8,11H,9-10,17H2,1-4H3,(H,18,20)(H,19,21). The Bertz CT molecular complexity index is 506. The summed E-state index contributed by atoms with van der Waals surface area (Å²) in [6, 6.07) is 6.97. The molecule has 0 heterocycles. The Labute approximate surface area is 126 Å². The van der Waals surface area contributed by atoms with E-state index in [1.165, 1.54) is 0 Å². The van der Waals surface area contributed by atoms with Crippen molar-refractivity contribution >= 4 is 11.8 Å². The quantitative estimate of drug-likeness (QED) is 0.759. The summed E-state index contributed by atoms with van der Waals surface area (Å²) < 4.78 is 0. The van der Waals surface area contributed by atoms with Gasteiger partial charge in [0.05, 0.1) is 6.42 Å². The number of carbonyl (C=O) groups is 2.